The highest BCUT2D eigenvalue weighted by molar-refractivity contribution is 5.98. The molecule has 174 valence electrons. The fourth-order valence-corrected chi connectivity index (χ4v) is 3.99. The fourth-order valence-electron chi connectivity index (χ4n) is 3.99. The van der Waals surface area contributed by atoms with Crippen molar-refractivity contribution in [3.63, 3.8) is 0 Å². The first-order chi connectivity index (χ1) is 15.9. The van der Waals surface area contributed by atoms with Crippen molar-refractivity contribution in [2.75, 3.05) is 19.0 Å². The Morgan fingerprint density at radius 3 is 2.61 bits per heavy atom. The topological polar surface area (TPSA) is 118 Å². The Labute approximate surface area is 190 Å². The van der Waals surface area contributed by atoms with Gasteiger partial charge in [0.05, 0.1) is 19.0 Å². The van der Waals surface area contributed by atoms with Crippen LogP contribution < -0.4 is 10.6 Å². The number of ether oxygens (including phenoxy) is 1. The number of imidazole rings is 1. The van der Waals surface area contributed by atoms with Crippen molar-refractivity contribution < 1.29 is 23.5 Å². The molecule has 3 aromatic rings. The molecule has 0 bridgehead atoms. The van der Waals surface area contributed by atoms with Crippen molar-refractivity contribution in [2.45, 2.75) is 38.8 Å². The van der Waals surface area contributed by atoms with Crippen LogP contribution in [0.4, 0.5) is 10.7 Å². The van der Waals surface area contributed by atoms with Gasteiger partial charge in [-0.3, -0.25) is 19.3 Å². The van der Waals surface area contributed by atoms with Crippen LogP contribution in [-0.4, -0.2) is 57.9 Å². The Morgan fingerprint density at radius 1 is 1.18 bits per heavy atom. The number of nitrogens with zero attached hydrogens (tertiary/aromatic N) is 3. The van der Waals surface area contributed by atoms with Crippen molar-refractivity contribution in [1.29, 1.82) is 0 Å². The number of likely N-dealkylation sites (tertiary alicyclic amines) is 1. The van der Waals surface area contributed by atoms with Gasteiger partial charge < -0.3 is 19.4 Å². The summed E-state index contributed by atoms with van der Waals surface area (Å²) in [5.41, 5.74) is 1.72. The van der Waals surface area contributed by atoms with Gasteiger partial charge in [-0.1, -0.05) is 44.2 Å². The minimum Gasteiger partial charge on any atom is -0.453 e. The molecule has 10 nitrogen and oxygen atoms in total. The first-order valence-corrected chi connectivity index (χ1v) is 10.9. The van der Waals surface area contributed by atoms with Crippen LogP contribution in [0.3, 0.4) is 0 Å². The van der Waals surface area contributed by atoms with Crippen LogP contribution in [-0.2, 0) is 14.3 Å². The molecule has 1 saturated heterocycles. The number of carbonyl (C=O) groups is 3. The van der Waals surface area contributed by atoms with Gasteiger partial charge >= 0.3 is 11.9 Å². The Hall–Kier alpha value is -3.82. The van der Waals surface area contributed by atoms with Gasteiger partial charge in [-0.05, 0) is 18.8 Å². The summed E-state index contributed by atoms with van der Waals surface area (Å²) in [4.78, 5) is 43.7. The molecular weight excluding hydrogens is 426 g/mol. The lowest BCUT2D eigenvalue weighted by atomic mass is 10.0. The highest BCUT2D eigenvalue weighted by Gasteiger charge is 2.39. The molecule has 0 unspecified atom stereocenters. The maximum atomic E-state index is 13.1. The largest absolute Gasteiger partial charge is 0.453 e. The molecule has 33 heavy (non-hydrogen) atoms. The molecule has 1 fully saturated rings. The van der Waals surface area contributed by atoms with Crippen molar-refractivity contribution in [1.82, 2.24) is 19.6 Å². The first kappa shape index (κ1) is 22.4. The van der Waals surface area contributed by atoms with E-state index in [1.807, 2.05) is 50.4 Å². The van der Waals surface area contributed by atoms with Gasteiger partial charge in [-0.15, -0.1) is 0 Å². The smallest absolute Gasteiger partial charge is 0.407 e. The monoisotopic (exact) mass is 453 g/mol. The van der Waals surface area contributed by atoms with E-state index in [1.54, 1.807) is 10.6 Å². The van der Waals surface area contributed by atoms with Gasteiger partial charge in [0.15, 0.2) is 0 Å². The molecule has 1 aliphatic rings. The van der Waals surface area contributed by atoms with Crippen LogP contribution in [0, 0.1) is 5.92 Å². The molecule has 3 amide bonds. The maximum Gasteiger partial charge on any atom is 0.407 e. The summed E-state index contributed by atoms with van der Waals surface area (Å²) in [7, 11) is 1.24. The first-order valence-electron chi connectivity index (χ1n) is 10.9. The highest BCUT2D eigenvalue weighted by atomic mass is 16.5. The second kappa shape index (κ2) is 9.35. The number of benzene rings is 1. The highest BCUT2D eigenvalue weighted by Crippen LogP contribution is 2.25. The number of amides is 3. The molecule has 1 aliphatic heterocycles. The van der Waals surface area contributed by atoms with Gasteiger partial charge in [0.1, 0.15) is 12.1 Å². The zero-order valence-electron chi connectivity index (χ0n) is 18.8. The number of carbonyl (C=O) groups excluding carboxylic acids is 3. The normalized spacial score (nSPS) is 16.7. The number of oxazole rings is 1. The Bertz CT molecular complexity index is 1120. The molecule has 2 aromatic heterocycles. The standard InChI is InChI=1S/C23H27N5O5/c1-14(2)19(26-23(31)32-3)21(30)28-11-7-10-17(28)20(29)25-18-13-27-12-16(24-22(27)33-18)15-8-5-4-6-9-15/h4-6,8-9,12-14,17,19H,7,10-11H2,1-3H3,(H,25,29)(H,26,31)/t17-,19-/m0/s1. The van der Waals surface area contributed by atoms with Gasteiger partial charge in [-0.2, -0.15) is 4.98 Å². The lowest BCUT2D eigenvalue weighted by Gasteiger charge is -2.29. The quantitative estimate of drug-likeness (QED) is 0.593. The second-order valence-corrected chi connectivity index (χ2v) is 8.31. The molecule has 0 spiro atoms. The lowest BCUT2D eigenvalue weighted by Crippen LogP contribution is -2.54. The van der Waals surface area contributed by atoms with E-state index in [4.69, 9.17) is 4.42 Å². The summed E-state index contributed by atoms with van der Waals surface area (Å²) in [6.07, 6.45) is 3.99. The minimum absolute atomic E-state index is 0.169. The number of hydrogen-bond donors (Lipinski definition) is 2. The average Bonchev–Trinajstić information content (AvgIpc) is 3.52. The third kappa shape index (κ3) is 4.69. The van der Waals surface area contributed by atoms with E-state index in [2.05, 4.69) is 20.4 Å². The number of fused-ring (bicyclic) bond motifs is 1. The van der Waals surface area contributed by atoms with Crippen LogP contribution in [0.25, 0.3) is 17.1 Å². The van der Waals surface area contributed by atoms with Gasteiger partial charge in [-0.25, -0.2) is 4.79 Å². The van der Waals surface area contributed by atoms with Crippen molar-refractivity contribution >= 4 is 29.6 Å². The average molecular weight is 453 g/mol. The molecule has 1 aromatic carbocycles. The zero-order chi connectivity index (χ0) is 23.5. The molecular formula is C23H27N5O5. The molecule has 2 atom stereocenters. The zero-order valence-corrected chi connectivity index (χ0v) is 18.8. The van der Waals surface area contributed by atoms with Gasteiger partial charge in [0.25, 0.3) is 0 Å². The number of anilines is 1. The SMILES string of the molecule is COC(=O)N[C@H](C(=O)N1CCC[C@H]1C(=O)Nc1cn2cc(-c3ccccc3)nc2o1)C(C)C. The summed E-state index contributed by atoms with van der Waals surface area (Å²) < 4.78 is 12.0. The van der Waals surface area contributed by atoms with Crippen LogP contribution in [0.15, 0.2) is 47.1 Å². The summed E-state index contributed by atoms with van der Waals surface area (Å²) in [5, 5.41) is 5.32. The maximum absolute atomic E-state index is 13.1. The molecule has 4 rings (SSSR count). The van der Waals surface area contributed by atoms with E-state index in [-0.39, 0.29) is 23.6 Å². The molecule has 0 saturated carbocycles. The van der Waals surface area contributed by atoms with E-state index in [0.717, 1.165) is 11.3 Å². The van der Waals surface area contributed by atoms with Crippen molar-refractivity contribution in [3.05, 3.63) is 42.7 Å². The number of rotatable bonds is 6. The molecule has 0 radical (unpaired) electrons. The summed E-state index contributed by atoms with van der Waals surface area (Å²) in [6.45, 7) is 4.09. The predicted octanol–water partition coefficient (Wildman–Crippen LogP) is 2.90. The van der Waals surface area contributed by atoms with Crippen LogP contribution in [0.5, 0.6) is 0 Å². The number of hydrogen-bond acceptors (Lipinski definition) is 6. The molecule has 2 N–H and O–H groups in total. The molecule has 10 heteroatoms. The minimum atomic E-state index is -0.783. The second-order valence-electron chi connectivity index (χ2n) is 8.31. The van der Waals surface area contributed by atoms with Crippen LogP contribution >= 0.6 is 0 Å². The summed E-state index contributed by atoms with van der Waals surface area (Å²) >= 11 is 0. The summed E-state index contributed by atoms with van der Waals surface area (Å²) in [6, 6.07) is 8.27. The van der Waals surface area contributed by atoms with Crippen molar-refractivity contribution in [2.24, 2.45) is 5.92 Å². The molecule has 3 heterocycles. The fraction of sp³-hybridized carbons (Fsp3) is 0.391. The van der Waals surface area contributed by atoms with Gasteiger partial charge in [0, 0.05) is 18.3 Å². The Kier molecular flexibility index (Phi) is 6.34. The predicted molar refractivity (Wildman–Crippen MR) is 120 cm³/mol. The van der Waals surface area contributed by atoms with Gasteiger partial charge in [0.2, 0.25) is 17.7 Å². The number of methoxy groups -OCH3 is 1. The third-order valence-electron chi connectivity index (χ3n) is 5.70. The third-order valence-corrected chi connectivity index (χ3v) is 5.70. The van der Waals surface area contributed by atoms with E-state index < -0.39 is 18.2 Å². The van der Waals surface area contributed by atoms with E-state index in [1.165, 1.54) is 12.0 Å². The van der Waals surface area contributed by atoms with Crippen LogP contribution in [0.1, 0.15) is 26.7 Å². The van der Waals surface area contributed by atoms with Crippen LogP contribution in [0.2, 0.25) is 0 Å². The Balaban J connectivity index is 1.46. The lowest BCUT2D eigenvalue weighted by molar-refractivity contribution is -0.139. The Morgan fingerprint density at radius 2 is 1.94 bits per heavy atom. The van der Waals surface area contributed by atoms with Crippen molar-refractivity contribution in [3.8, 4) is 11.3 Å². The number of nitrogens with one attached hydrogen (secondary N) is 2. The summed E-state index contributed by atoms with van der Waals surface area (Å²) in [5.74, 6) is -0.228. The van der Waals surface area contributed by atoms with E-state index in [0.29, 0.717) is 25.2 Å². The van der Waals surface area contributed by atoms with E-state index >= 15 is 0 Å². The number of aromatic nitrogens is 2. The number of alkyl carbamates (subject to hydrolysis) is 1. The van der Waals surface area contributed by atoms with E-state index in [9.17, 15) is 14.4 Å². The molecule has 0 aliphatic carbocycles.